The molecule has 0 fully saturated rings. The quantitative estimate of drug-likeness (QED) is 0.583. The van der Waals surface area contributed by atoms with Gasteiger partial charge in [-0.25, -0.2) is 0 Å². The molecule has 1 heteroatoms. The molecule has 0 saturated heterocycles. The Morgan fingerprint density at radius 2 is 1.75 bits per heavy atom. The van der Waals surface area contributed by atoms with Gasteiger partial charge in [-0.15, -0.1) is 11.6 Å². The standard InChI is InChI=1S/C11H13Cl/c1-8(12)11-6-9-4-2-3-5-10(9)7-11/h2-5,8,11H,6-7H2,1H3. The lowest BCUT2D eigenvalue weighted by Crippen LogP contribution is -2.10. The van der Waals surface area contributed by atoms with E-state index in [9.17, 15) is 0 Å². The van der Waals surface area contributed by atoms with Gasteiger partial charge < -0.3 is 0 Å². The zero-order valence-corrected chi connectivity index (χ0v) is 8.01. The van der Waals surface area contributed by atoms with E-state index >= 15 is 0 Å². The lowest BCUT2D eigenvalue weighted by Gasteiger charge is -2.09. The smallest absolute Gasteiger partial charge is 0.0342 e. The van der Waals surface area contributed by atoms with E-state index in [1.54, 1.807) is 0 Å². The van der Waals surface area contributed by atoms with Crippen molar-refractivity contribution in [3.63, 3.8) is 0 Å². The fraction of sp³-hybridized carbons (Fsp3) is 0.455. The van der Waals surface area contributed by atoms with Crippen LogP contribution >= 0.6 is 11.6 Å². The first kappa shape index (κ1) is 8.12. The zero-order chi connectivity index (χ0) is 8.55. The highest BCUT2D eigenvalue weighted by molar-refractivity contribution is 6.20. The van der Waals surface area contributed by atoms with Crippen molar-refractivity contribution in [3.05, 3.63) is 35.4 Å². The summed E-state index contributed by atoms with van der Waals surface area (Å²) >= 11 is 6.07. The Kier molecular flexibility index (Phi) is 2.10. The van der Waals surface area contributed by atoms with Crippen molar-refractivity contribution in [2.75, 3.05) is 0 Å². The molecule has 1 aromatic carbocycles. The van der Waals surface area contributed by atoms with Crippen molar-refractivity contribution in [1.82, 2.24) is 0 Å². The molecular formula is C11H13Cl. The second kappa shape index (κ2) is 3.10. The van der Waals surface area contributed by atoms with Crippen LogP contribution in [0.25, 0.3) is 0 Å². The molecule has 0 saturated carbocycles. The van der Waals surface area contributed by atoms with Gasteiger partial charge in [-0.2, -0.15) is 0 Å². The van der Waals surface area contributed by atoms with Crippen LogP contribution in [0.15, 0.2) is 24.3 Å². The van der Waals surface area contributed by atoms with Crippen molar-refractivity contribution in [2.24, 2.45) is 5.92 Å². The molecule has 0 N–H and O–H groups in total. The van der Waals surface area contributed by atoms with Crippen LogP contribution in [0.4, 0.5) is 0 Å². The van der Waals surface area contributed by atoms with Crippen molar-refractivity contribution >= 4 is 11.6 Å². The molecule has 0 amide bonds. The minimum atomic E-state index is 0.303. The van der Waals surface area contributed by atoms with Crippen LogP contribution in [0, 0.1) is 5.92 Å². The molecule has 0 bridgehead atoms. The van der Waals surface area contributed by atoms with Gasteiger partial charge in [0.2, 0.25) is 0 Å². The number of benzene rings is 1. The topological polar surface area (TPSA) is 0 Å². The summed E-state index contributed by atoms with van der Waals surface area (Å²) in [4.78, 5) is 0. The average Bonchev–Trinajstić information content (AvgIpc) is 2.46. The Labute approximate surface area is 78.6 Å². The molecule has 64 valence electrons. The molecule has 1 aromatic rings. The maximum Gasteiger partial charge on any atom is 0.0342 e. The van der Waals surface area contributed by atoms with Crippen LogP contribution in [0.1, 0.15) is 18.1 Å². The Bertz CT molecular complexity index is 253. The summed E-state index contributed by atoms with van der Waals surface area (Å²) < 4.78 is 0. The summed E-state index contributed by atoms with van der Waals surface area (Å²) in [7, 11) is 0. The molecule has 0 nitrogen and oxygen atoms in total. The Morgan fingerprint density at radius 3 is 2.17 bits per heavy atom. The van der Waals surface area contributed by atoms with Gasteiger partial charge in [0.1, 0.15) is 0 Å². The normalized spacial score (nSPS) is 19.2. The molecule has 0 heterocycles. The molecule has 0 aliphatic heterocycles. The van der Waals surface area contributed by atoms with E-state index in [2.05, 4.69) is 31.2 Å². The van der Waals surface area contributed by atoms with Gasteiger partial charge in [0, 0.05) is 5.38 Å². The monoisotopic (exact) mass is 180 g/mol. The van der Waals surface area contributed by atoms with Gasteiger partial charge in [0.25, 0.3) is 0 Å². The van der Waals surface area contributed by atoms with E-state index in [0.717, 1.165) is 0 Å². The highest BCUT2D eigenvalue weighted by Crippen LogP contribution is 2.30. The van der Waals surface area contributed by atoms with E-state index in [0.29, 0.717) is 11.3 Å². The fourth-order valence-corrected chi connectivity index (χ4v) is 2.10. The van der Waals surface area contributed by atoms with Gasteiger partial charge in [0.15, 0.2) is 0 Å². The highest BCUT2D eigenvalue weighted by atomic mass is 35.5. The van der Waals surface area contributed by atoms with Crippen molar-refractivity contribution in [1.29, 1.82) is 0 Å². The second-order valence-electron chi connectivity index (χ2n) is 3.61. The van der Waals surface area contributed by atoms with Gasteiger partial charge in [-0.1, -0.05) is 24.3 Å². The van der Waals surface area contributed by atoms with Crippen LogP contribution in [0.2, 0.25) is 0 Å². The van der Waals surface area contributed by atoms with Gasteiger partial charge in [0.05, 0.1) is 0 Å². The molecule has 1 aliphatic rings. The van der Waals surface area contributed by atoms with Crippen LogP contribution in [0.3, 0.4) is 0 Å². The number of halogens is 1. The predicted molar refractivity (Wildman–Crippen MR) is 52.7 cm³/mol. The second-order valence-corrected chi connectivity index (χ2v) is 4.30. The third-order valence-corrected chi connectivity index (χ3v) is 3.09. The maximum absolute atomic E-state index is 6.07. The number of rotatable bonds is 1. The average molecular weight is 181 g/mol. The van der Waals surface area contributed by atoms with Gasteiger partial charge >= 0.3 is 0 Å². The summed E-state index contributed by atoms with van der Waals surface area (Å²) in [6.07, 6.45) is 2.34. The number of hydrogen-bond donors (Lipinski definition) is 0. The number of hydrogen-bond acceptors (Lipinski definition) is 0. The Hall–Kier alpha value is -0.490. The van der Waals surface area contributed by atoms with E-state index in [4.69, 9.17) is 11.6 Å². The molecule has 12 heavy (non-hydrogen) atoms. The van der Waals surface area contributed by atoms with Crippen molar-refractivity contribution < 1.29 is 0 Å². The summed E-state index contributed by atoms with van der Waals surface area (Å²) in [6.45, 7) is 2.10. The Balaban J connectivity index is 2.22. The van der Waals surface area contributed by atoms with Crippen LogP contribution in [-0.2, 0) is 12.8 Å². The van der Waals surface area contributed by atoms with Crippen LogP contribution in [-0.4, -0.2) is 5.38 Å². The fourth-order valence-electron chi connectivity index (χ4n) is 1.92. The van der Waals surface area contributed by atoms with E-state index in [1.807, 2.05) is 0 Å². The molecule has 0 radical (unpaired) electrons. The van der Waals surface area contributed by atoms with Crippen molar-refractivity contribution in [3.8, 4) is 0 Å². The molecular weight excluding hydrogens is 168 g/mol. The maximum atomic E-state index is 6.07. The summed E-state index contributed by atoms with van der Waals surface area (Å²) in [6, 6.07) is 8.66. The zero-order valence-electron chi connectivity index (χ0n) is 7.26. The van der Waals surface area contributed by atoms with Gasteiger partial charge in [-0.3, -0.25) is 0 Å². The highest BCUT2D eigenvalue weighted by Gasteiger charge is 2.24. The van der Waals surface area contributed by atoms with Crippen LogP contribution < -0.4 is 0 Å². The first-order valence-electron chi connectivity index (χ1n) is 4.48. The lowest BCUT2D eigenvalue weighted by atomic mass is 10.0. The van der Waals surface area contributed by atoms with Crippen LogP contribution in [0.5, 0.6) is 0 Å². The minimum Gasteiger partial charge on any atom is -0.123 e. The van der Waals surface area contributed by atoms with E-state index < -0.39 is 0 Å². The molecule has 0 spiro atoms. The third kappa shape index (κ3) is 1.36. The third-order valence-electron chi connectivity index (χ3n) is 2.73. The first-order chi connectivity index (χ1) is 5.77. The molecule has 1 aliphatic carbocycles. The van der Waals surface area contributed by atoms with Gasteiger partial charge in [-0.05, 0) is 36.8 Å². The first-order valence-corrected chi connectivity index (χ1v) is 4.92. The molecule has 1 unspecified atom stereocenters. The van der Waals surface area contributed by atoms with E-state index in [1.165, 1.54) is 24.0 Å². The lowest BCUT2D eigenvalue weighted by molar-refractivity contribution is 0.550. The molecule has 0 aromatic heterocycles. The minimum absolute atomic E-state index is 0.303. The SMILES string of the molecule is CC(Cl)C1Cc2ccccc2C1. The number of fused-ring (bicyclic) bond motifs is 1. The largest absolute Gasteiger partial charge is 0.123 e. The summed E-state index contributed by atoms with van der Waals surface area (Å²) in [5.41, 5.74) is 2.99. The predicted octanol–water partition coefficient (Wildman–Crippen LogP) is 3.03. The van der Waals surface area contributed by atoms with E-state index in [-0.39, 0.29) is 0 Å². The molecule has 1 atom stereocenters. The summed E-state index contributed by atoms with van der Waals surface area (Å²) in [5, 5.41) is 0.303. The Morgan fingerprint density at radius 1 is 1.25 bits per heavy atom. The summed E-state index contributed by atoms with van der Waals surface area (Å²) in [5.74, 6) is 0.657. The number of alkyl halides is 1. The molecule has 2 rings (SSSR count). The van der Waals surface area contributed by atoms with Crippen molar-refractivity contribution in [2.45, 2.75) is 25.1 Å².